The molecule has 5 nitrogen and oxygen atoms in total. The molecule has 0 radical (unpaired) electrons. The van der Waals surface area contributed by atoms with Crippen molar-refractivity contribution in [2.24, 2.45) is 0 Å². The fourth-order valence-electron chi connectivity index (χ4n) is 1.51. The molecule has 0 aliphatic heterocycles. The molecule has 0 saturated carbocycles. The molecule has 1 aromatic carbocycles. The summed E-state index contributed by atoms with van der Waals surface area (Å²) in [5.41, 5.74) is 7.22. The van der Waals surface area contributed by atoms with Crippen LogP contribution in [0.15, 0.2) is 24.5 Å². The van der Waals surface area contributed by atoms with Crippen LogP contribution < -0.4 is 10.5 Å². The van der Waals surface area contributed by atoms with Gasteiger partial charge in [-0.3, -0.25) is 0 Å². The fraction of sp³-hybridized carbons (Fsp3) is 0.333. The molecule has 2 N–H and O–H groups in total. The lowest BCUT2D eigenvalue weighted by atomic mass is 10.2. The fourth-order valence-corrected chi connectivity index (χ4v) is 1.51. The summed E-state index contributed by atoms with van der Waals surface area (Å²) in [5.74, 6) is 0.544. The highest BCUT2D eigenvalue weighted by Gasteiger charge is 2.04. The first-order valence-corrected chi connectivity index (χ1v) is 5.52. The van der Waals surface area contributed by atoms with Gasteiger partial charge in [0.15, 0.2) is 0 Å². The molecule has 0 fully saturated rings. The summed E-state index contributed by atoms with van der Waals surface area (Å²) < 4.78 is 10.7. The van der Waals surface area contributed by atoms with E-state index in [1.165, 1.54) is 6.33 Å². The molecule has 90 valence electrons. The largest absolute Gasteiger partial charge is 0.475 e. The van der Waals surface area contributed by atoms with Crippen molar-refractivity contribution in [2.75, 3.05) is 25.6 Å². The Hall–Kier alpha value is -1.88. The van der Waals surface area contributed by atoms with Gasteiger partial charge in [-0.05, 0) is 25.1 Å². The van der Waals surface area contributed by atoms with E-state index in [1.54, 1.807) is 6.07 Å². The van der Waals surface area contributed by atoms with Gasteiger partial charge in [-0.25, -0.2) is 9.97 Å². The normalized spacial score (nSPS) is 10.6. The molecule has 5 heteroatoms. The van der Waals surface area contributed by atoms with Crippen molar-refractivity contribution < 1.29 is 9.47 Å². The Bertz CT molecular complexity index is 502. The number of nitrogens with two attached hydrogens (primary N) is 1. The van der Waals surface area contributed by atoms with Gasteiger partial charge in [0, 0.05) is 12.3 Å². The van der Waals surface area contributed by atoms with Crippen LogP contribution in [0.5, 0.6) is 5.88 Å². The van der Waals surface area contributed by atoms with E-state index < -0.39 is 0 Å². The zero-order chi connectivity index (χ0) is 12.1. The number of nitrogens with zero attached hydrogens (tertiary/aromatic N) is 2. The van der Waals surface area contributed by atoms with Crippen molar-refractivity contribution in [3.8, 4) is 5.88 Å². The van der Waals surface area contributed by atoms with Gasteiger partial charge in [-0.1, -0.05) is 0 Å². The molecule has 17 heavy (non-hydrogen) atoms. The van der Waals surface area contributed by atoms with Gasteiger partial charge in [0.2, 0.25) is 5.88 Å². The van der Waals surface area contributed by atoms with E-state index in [2.05, 4.69) is 9.97 Å². The van der Waals surface area contributed by atoms with Crippen molar-refractivity contribution in [2.45, 2.75) is 6.92 Å². The highest BCUT2D eigenvalue weighted by atomic mass is 16.5. The molecular formula is C12H15N3O2. The predicted octanol–water partition coefficient (Wildman–Crippen LogP) is 1.63. The number of hydrogen-bond acceptors (Lipinski definition) is 5. The van der Waals surface area contributed by atoms with Crippen LogP contribution >= 0.6 is 0 Å². The van der Waals surface area contributed by atoms with Gasteiger partial charge in [0.25, 0.3) is 0 Å². The van der Waals surface area contributed by atoms with Crippen molar-refractivity contribution in [1.29, 1.82) is 0 Å². The van der Waals surface area contributed by atoms with Crippen LogP contribution in [0.4, 0.5) is 5.69 Å². The quantitative estimate of drug-likeness (QED) is 0.627. The van der Waals surface area contributed by atoms with Crippen LogP contribution in [0, 0.1) is 0 Å². The second kappa shape index (κ2) is 5.45. The minimum Gasteiger partial charge on any atom is -0.475 e. The molecule has 0 amide bonds. The second-order valence-electron chi connectivity index (χ2n) is 3.50. The molecule has 2 aromatic rings. The minimum absolute atomic E-state index is 0.467. The molecule has 0 atom stereocenters. The summed E-state index contributed by atoms with van der Waals surface area (Å²) in [6.45, 7) is 3.64. The highest BCUT2D eigenvalue weighted by Crippen LogP contribution is 2.23. The van der Waals surface area contributed by atoms with Crippen molar-refractivity contribution in [3.63, 3.8) is 0 Å². The number of anilines is 1. The third-order valence-corrected chi connectivity index (χ3v) is 2.29. The maximum absolute atomic E-state index is 5.73. The standard InChI is InChI=1S/C12H15N3O2/c1-2-16-5-6-17-12-10-7-9(13)3-4-11(10)14-8-15-12/h3-4,7-8H,2,5-6,13H2,1H3. The molecule has 1 aromatic heterocycles. The lowest BCUT2D eigenvalue weighted by Gasteiger charge is -2.07. The van der Waals surface area contributed by atoms with Crippen LogP contribution in [-0.4, -0.2) is 29.8 Å². The van der Waals surface area contributed by atoms with Gasteiger partial charge in [-0.15, -0.1) is 0 Å². The van der Waals surface area contributed by atoms with Crippen molar-refractivity contribution in [1.82, 2.24) is 9.97 Å². The Morgan fingerprint density at radius 1 is 1.24 bits per heavy atom. The van der Waals surface area contributed by atoms with E-state index in [4.69, 9.17) is 15.2 Å². The lowest BCUT2D eigenvalue weighted by Crippen LogP contribution is -2.07. The summed E-state index contributed by atoms with van der Waals surface area (Å²) in [7, 11) is 0. The number of fused-ring (bicyclic) bond motifs is 1. The van der Waals surface area contributed by atoms with E-state index in [0.717, 1.165) is 10.9 Å². The van der Waals surface area contributed by atoms with E-state index in [9.17, 15) is 0 Å². The van der Waals surface area contributed by atoms with E-state index in [-0.39, 0.29) is 0 Å². The van der Waals surface area contributed by atoms with Crippen molar-refractivity contribution in [3.05, 3.63) is 24.5 Å². The average molecular weight is 233 g/mol. The topological polar surface area (TPSA) is 70.3 Å². The SMILES string of the molecule is CCOCCOc1ncnc2ccc(N)cc12. The van der Waals surface area contributed by atoms with E-state index in [1.807, 2.05) is 19.1 Å². The van der Waals surface area contributed by atoms with Crippen LogP contribution in [-0.2, 0) is 4.74 Å². The Kier molecular flexibility index (Phi) is 3.72. The highest BCUT2D eigenvalue weighted by molar-refractivity contribution is 5.86. The van der Waals surface area contributed by atoms with Crippen LogP contribution in [0.2, 0.25) is 0 Å². The van der Waals surface area contributed by atoms with Crippen LogP contribution in [0.3, 0.4) is 0 Å². The molecule has 0 spiro atoms. The lowest BCUT2D eigenvalue weighted by molar-refractivity contribution is 0.109. The third kappa shape index (κ3) is 2.82. The number of nitrogen functional groups attached to an aromatic ring is 1. The Labute approximate surface area is 99.6 Å². The maximum atomic E-state index is 5.73. The average Bonchev–Trinajstić information content (AvgIpc) is 2.35. The maximum Gasteiger partial charge on any atom is 0.224 e. The molecule has 0 bridgehead atoms. The van der Waals surface area contributed by atoms with Gasteiger partial charge >= 0.3 is 0 Å². The number of ether oxygens (including phenoxy) is 2. The first-order chi connectivity index (χ1) is 8.31. The number of hydrogen-bond donors (Lipinski definition) is 1. The first kappa shape index (κ1) is 11.6. The molecule has 0 aliphatic rings. The van der Waals surface area contributed by atoms with Gasteiger partial charge in [0.1, 0.15) is 12.9 Å². The van der Waals surface area contributed by atoms with Crippen LogP contribution in [0.25, 0.3) is 10.9 Å². The van der Waals surface area contributed by atoms with E-state index in [0.29, 0.717) is 31.4 Å². The monoisotopic (exact) mass is 233 g/mol. The number of benzene rings is 1. The summed E-state index contributed by atoms with van der Waals surface area (Å²) in [6.07, 6.45) is 1.48. The van der Waals surface area contributed by atoms with Crippen molar-refractivity contribution >= 4 is 16.6 Å². The van der Waals surface area contributed by atoms with Gasteiger partial charge < -0.3 is 15.2 Å². The summed E-state index contributed by atoms with van der Waals surface area (Å²) in [6, 6.07) is 5.46. The summed E-state index contributed by atoms with van der Waals surface area (Å²) in [4.78, 5) is 8.25. The molecule has 0 aliphatic carbocycles. The summed E-state index contributed by atoms with van der Waals surface area (Å²) >= 11 is 0. The van der Waals surface area contributed by atoms with E-state index >= 15 is 0 Å². The Morgan fingerprint density at radius 2 is 2.12 bits per heavy atom. The Balaban J connectivity index is 2.18. The molecule has 0 saturated heterocycles. The minimum atomic E-state index is 0.467. The molecule has 1 heterocycles. The van der Waals surface area contributed by atoms with Gasteiger partial charge in [-0.2, -0.15) is 0 Å². The zero-order valence-electron chi connectivity index (χ0n) is 9.72. The third-order valence-electron chi connectivity index (χ3n) is 2.29. The van der Waals surface area contributed by atoms with Crippen LogP contribution in [0.1, 0.15) is 6.92 Å². The Morgan fingerprint density at radius 3 is 2.94 bits per heavy atom. The zero-order valence-corrected chi connectivity index (χ0v) is 9.72. The first-order valence-electron chi connectivity index (χ1n) is 5.52. The molecule has 0 unspecified atom stereocenters. The molecular weight excluding hydrogens is 218 g/mol. The van der Waals surface area contributed by atoms with Gasteiger partial charge in [0.05, 0.1) is 17.5 Å². The summed E-state index contributed by atoms with van der Waals surface area (Å²) in [5, 5.41) is 0.823. The number of rotatable bonds is 5. The molecule has 2 rings (SSSR count). The number of aromatic nitrogens is 2. The smallest absolute Gasteiger partial charge is 0.224 e. The second-order valence-corrected chi connectivity index (χ2v) is 3.50. The predicted molar refractivity (Wildman–Crippen MR) is 65.9 cm³/mol.